The molecular weight excluding hydrogens is 517 g/mol. The molecule has 0 bridgehead atoms. The zero-order valence-corrected chi connectivity index (χ0v) is 22.8. The Morgan fingerprint density at radius 2 is 1.95 bits per heavy atom. The number of benzene rings is 1. The summed E-state index contributed by atoms with van der Waals surface area (Å²) in [6, 6.07) is 8.32. The lowest BCUT2D eigenvalue weighted by Gasteiger charge is -2.40. The summed E-state index contributed by atoms with van der Waals surface area (Å²) in [5, 5.41) is 7.84. The molecule has 1 aromatic carbocycles. The van der Waals surface area contributed by atoms with Gasteiger partial charge in [-0.05, 0) is 18.9 Å². The molecule has 2 aliphatic heterocycles. The normalized spacial score (nSPS) is 25.2. The molecule has 0 aliphatic carbocycles. The number of nitrogens with one attached hydrogen (secondary N) is 3. The number of rotatable bonds is 12. The van der Waals surface area contributed by atoms with Crippen molar-refractivity contribution >= 4 is 31.5 Å². The van der Waals surface area contributed by atoms with Gasteiger partial charge in [-0.3, -0.25) is 28.2 Å². The molecule has 210 valence electrons. The monoisotopic (exact) mass is 553 g/mol. The summed E-state index contributed by atoms with van der Waals surface area (Å²) in [6.45, 7) is 5.04. The Bertz CT molecular complexity index is 1050. The Hall–Kier alpha value is -2.79. The van der Waals surface area contributed by atoms with Crippen LogP contribution in [0.4, 0.5) is 0 Å². The summed E-state index contributed by atoms with van der Waals surface area (Å²) in [5.41, 5.74) is 0.180. The van der Waals surface area contributed by atoms with Gasteiger partial charge in [0, 0.05) is 24.8 Å². The van der Waals surface area contributed by atoms with Crippen molar-refractivity contribution in [2.24, 2.45) is 5.41 Å². The highest BCUT2D eigenvalue weighted by molar-refractivity contribution is 7.51. The van der Waals surface area contributed by atoms with Crippen LogP contribution in [0.2, 0.25) is 0 Å². The minimum Gasteiger partial charge on any atom is -0.464 e. The molecule has 0 saturated carbocycles. The fourth-order valence-corrected chi connectivity index (χ4v) is 5.82. The van der Waals surface area contributed by atoms with Gasteiger partial charge in [0.15, 0.2) is 6.10 Å². The van der Waals surface area contributed by atoms with Gasteiger partial charge in [-0.2, -0.15) is 0 Å². The molecule has 0 aromatic heterocycles. The summed E-state index contributed by atoms with van der Waals surface area (Å²) < 4.78 is 34.6. The Labute approximate surface area is 222 Å². The number of carbonyl (C=O) groups is 4. The lowest BCUT2D eigenvalue weighted by molar-refractivity contribution is -0.145. The van der Waals surface area contributed by atoms with Gasteiger partial charge in [0.1, 0.15) is 12.6 Å². The maximum Gasteiger partial charge on any atom is 0.407 e. The van der Waals surface area contributed by atoms with Crippen molar-refractivity contribution in [1.82, 2.24) is 15.7 Å². The number of hydrogen-bond donors (Lipinski definition) is 3. The van der Waals surface area contributed by atoms with E-state index >= 15 is 0 Å². The molecule has 3 rings (SSSR count). The molecule has 2 fully saturated rings. The lowest BCUT2D eigenvalue weighted by Crippen LogP contribution is -2.51. The topological polar surface area (TPSA) is 158 Å². The van der Waals surface area contributed by atoms with Crippen LogP contribution in [-0.2, 0) is 48.7 Å². The second kappa shape index (κ2) is 13.3. The first kappa shape index (κ1) is 29.8. The van der Waals surface area contributed by atoms with Gasteiger partial charge in [0.25, 0.3) is 0 Å². The van der Waals surface area contributed by atoms with Crippen molar-refractivity contribution in [3.63, 3.8) is 0 Å². The second-order valence-electron chi connectivity index (χ2n) is 10.0. The summed E-state index contributed by atoms with van der Waals surface area (Å²) in [4.78, 5) is 48.4. The first-order chi connectivity index (χ1) is 18.0. The van der Waals surface area contributed by atoms with E-state index in [-0.39, 0.29) is 44.7 Å². The summed E-state index contributed by atoms with van der Waals surface area (Å²) in [7, 11) is -4.02. The van der Waals surface area contributed by atoms with Gasteiger partial charge in [-0.25, -0.2) is 9.65 Å². The SMILES string of the molecule is C[C@H](NP1(=O)OCC(C)(C)[C@H](C(=O)NCCC(=O)OC[C@H]2CCC(=O)N2)O1)C(=O)OCCc1ccccc1. The summed E-state index contributed by atoms with van der Waals surface area (Å²) in [5.74, 6) is -1.80. The van der Waals surface area contributed by atoms with Crippen LogP contribution < -0.4 is 15.7 Å². The molecule has 0 spiro atoms. The number of carbonyl (C=O) groups excluding carboxylic acids is 4. The van der Waals surface area contributed by atoms with Gasteiger partial charge in [0.05, 0.1) is 25.7 Å². The molecule has 2 saturated heterocycles. The Morgan fingerprint density at radius 3 is 2.63 bits per heavy atom. The molecule has 13 heteroatoms. The Morgan fingerprint density at radius 1 is 1.21 bits per heavy atom. The highest BCUT2D eigenvalue weighted by Gasteiger charge is 2.49. The lowest BCUT2D eigenvalue weighted by atomic mass is 9.87. The molecule has 1 unspecified atom stereocenters. The maximum absolute atomic E-state index is 13.2. The van der Waals surface area contributed by atoms with Crippen LogP contribution in [0.15, 0.2) is 30.3 Å². The highest BCUT2D eigenvalue weighted by Crippen LogP contribution is 2.53. The van der Waals surface area contributed by atoms with Crippen LogP contribution in [0, 0.1) is 5.41 Å². The van der Waals surface area contributed by atoms with Crippen LogP contribution in [0.1, 0.15) is 45.6 Å². The van der Waals surface area contributed by atoms with E-state index in [0.29, 0.717) is 19.3 Å². The van der Waals surface area contributed by atoms with Crippen molar-refractivity contribution in [3.8, 4) is 0 Å². The van der Waals surface area contributed by atoms with Crippen LogP contribution in [-0.4, -0.2) is 68.3 Å². The number of hydrogen-bond acceptors (Lipinski definition) is 9. The fraction of sp³-hybridized carbons (Fsp3) is 0.600. The zero-order valence-electron chi connectivity index (χ0n) is 21.9. The largest absolute Gasteiger partial charge is 0.464 e. The fourth-order valence-electron chi connectivity index (χ4n) is 3.89. The molecule has 12 nitrogen and oxygen atoms in total. The van der Waals surface area contributed by atoms with E-state index in [2.05, 4.69) is 15.7 Å². The molecule has 3 N–H and O–H groups in total. The quantitative estimate of drug-likeness (QED) is 0.257. The molecule has 2 amide bonds. The number of amides is 2. The van der Waals surface area contributed by atoms with Crippen molar-refractivity contribution < 1.29 is 42.3 Å². The van der Waals surface area contributed by atoms with E-state index in [4.69, 9.17) is 18.5 Å². The third-order valence-corrected chi connectivity index (χ3v) is 7.80. The van der Waals surface area contributed by atoms with Crippen LogP contribution >= 0.6 is 7.75 Å². The van der Waals surface area contributed by atoms with Crippen molar-refractivity contribution in [2.45, 2.75) is 64.6 Å². The standard InChI is InChI=1S/C25H36N3O9P/c1-17(24(32)34-14-12-18-7-5-4-6-8-18)28-38(33)36-16-25(2,3)22(37-38)23(31)26-13-11-21(30)35-15-19-9-10-20(29)27-19/h4-8,17,19,22H,9-16H2,1-3H3,(H,26,31)(H,27,29)(H,28,33)/t17-,19+,22-,38?/m0/s1. The third kappa shape index (κ3) is 8.90. The van der Waals surface area contributed by atoms with Crippen LogP contribution in [0.3, 0.4) is 0 Å². The molecule has 4 atom stereocenters. The maximum atomic E-state index is 13.2. The third-order valence-electron chi connectivity index (χ3n) is 6.14. The first-order valence-electron chi connectivity index (χ1n) is 12.6. The average Bonchev–Trinajstić information content (AvgIpc) is 3.30. The predicted molar refractivity (Wildman–Crippen MR) is 136 cm³/mol. The molecule has 2 heterocycles. The van der Waals surface area contributed by atoms with Gasteiger partial charge < -0.3 is 20.1 Å². The smallest absolute Gasteiger partial charge is 0.407 e. The van der Waals surface area contributed by atoms with Crippen molar-refractivity contribution in [3.05, 3.63) is 35.9 Å². The van der Waals surface area contributed by atoms with Crippen molar-refractivity contribution in [1.29, 1.82) is 0 Å². The van der Waals surface area contributed by atoms with E-state index < -0.39 is 43.2 Å². The van der Waals surface area contributed by atoms with Gasteiger partial charge in [-0.15, -0.1) is 0 Å². The summed E-state index contributed by atoms with van der Waals surface area (Å²) >= 11 is 0. The van der Waals surface area contributed by atoms with Gasteiger partial charge in [0.2, 0.25) is 11.8 Å². The average molecular weight is 554 g/mol. The van der Waals surface area contributed by atoms with Crippen LogP contribution in [0.5, 0.6) is 0 Å². The summed E-state index contributed by atoms with van der Waals surface area (Å²) in [6.07, 6.45) is 0.298. The van der Waals surface area contributed by atoms with E-state index in [0.717, 1.165) is 5.56 Å². The van der Waals surface area contributed by atoms with Gasteiger partial charge >= 0.3 is 19.7 Å². The minimum atomic E-state index is -4.02. The molecule has 38 heavy (non-hydrogen) atoms. The Kier molecular flexibility index (Phi) is 10.4. The van der Waals surface area contributed by atoms with E-state index in [9.17, 15) is 23.7 Å². The minimum absolute atomic E-state index is 0.0205. The molecular formula is C25H36N3O9P. The highest BCUT2D eigenvalue weighted by atomic mass is 31.2. The zero-order chi connectivity index (χ0) is 27.8. The Balaban J connectivity index is 1.43. The van der Waals surface area contributed by atoms with E-state index in [1.54, 1.807) is 13.8 Å². The number of esters is 2. The predicted octanol–water partition coefficient (Wildman–Crippen LogP) is 1.63. The molecule has 1 aromatic rings. The molecule has 0 radical (unpaired) electrons. The van der Waals surface area contributed by atoms with Gasteiger partial charge in [-0.1, -0.05) is 44.2 Å². The van der Waals surface area contributed by atoms with Crippen molar-refractivity contribution in [2.75, 3.05) is 26.4 Å². The first-order valence-corrected chi connectivity index (χ1v) is 14.2. The molecule has 2 aliphatic rings. The van der Waals surface area contributed by atoms with Crippen LogP contribution in [0.25, 0.3) is 0 Å². The number of ether oxygens (including phenoxy) is 2. The second-order valence-corrected chi connectivity index (χ2v) is 11.7. The van der Waals surface area contributed by atoms with E-state index in [1.165, 1.54) is 6.92 Å². The van der Waals surface area contributed by atoms with E-state index in [1.807, 2.05) is 30.3 Å².